The van der Waals surface area contributed by atoms with Crippen LogP contribution < -0.4 is 0 Å². The molecular weight excluding hydrogens is 993 g/mol. The molecule has 0 N–H and O–H groups in total. The van der Waals surface area contributed by atoms with Crippen molar-refractivity contribution in [3.05, 3.63) is 191 Å². The Bertz CT molecular complexity index is 4150. The van der Waals surface area contributed by atoms with Crippen molar-refractivity contribution < 1.29 is 0 Å². The Kier molecular flexibility index (Phi) is 16.3. The van der Waals surface area contributed by atoms with E-state index in [4.69, 9.17) is 0 Å². The van der Waals surface area contributed by atoms with Gasteiger partial charge in [-0.05, 0) is 145 Å². The molecule has 0 aliphatic rings. The Morgan fingerprint density at radius 2 is 0.463 bits per heavy atom. The van der Waals surface area contributed by atoms with Crippen LogP contribution in [0.15, 0.2) is 158 Å². The summed E-state index contributed by atoms with van der Waals surface area (Å²) < 4.78 is 9.21. The first-order valence-electron chi connectivity index (χ1n) is 29.7. The highest BCUT2D eigenvalue weighted by molar-refractivity contribution is 6.11. The quantitative estimate of drug-likeness (QED) is 0.164. The number of rotatable bonds is 2. The van der Waals surface area contributed by atoms with Crippen LogP contribution in [-0.4, -0.2) is 18.3 Å². The van der Waals surface area contributed by atoms with Gasteiger partial charge < -0.3 is 18.3 Å². The van der Waals surface area contributed by atoms with Gasteiger partial charge in [-0.25, -0.2) is 0 Å². The van der Waals surface area contributed by atoms with Gasteiger partial charge in [0.25, 0.3) is 0 Å². The van der Waals surface area contributed by atoms with Crippen molar-refractivity contribution in [2.24, 2.45) is 28.2 Å². The minimum absolute atomic E-state index is 0. The van der Waals surface area contributed by atoms with Gasteiger partial charge in [0.1, 0.15) is 0 Å². The second kappa shape index (κ2) is 21.9. The van der Waals surface area contributed by atoms with Crippen molar-refractivity contribution in [3.63, 3.8) is 0 Å². The van der Waals surface area contributed by atoms with Gasteiger partial charge in [-0.15, -0.1) is 0 Å². The van der Waals surface area contributed by atoms with Crippen molar-refractivity contribution in [2.45, 2.75) is 171 Å². The second-order valence-corrected chi connectivity index (χ2v) is 29.1. The molecule has 0 fully saturated rings. The highest BCUT2D eigenvalue weighted by Crippen LogP contribution is 2.39. The van der Waals surface area contributed by atoms with Crippen LogP contribution in [0.4, 0.5) is 0 Å². The molecule has 0 aliphatic heterocycles. The third-order valence-electron chi connectivity index (χ3n) is 17.8. The molecule has 0 radical (unpaired) electrons. The third-order valence-corrected chi connectivity index (χ3v) is 17.8. The summed E-state index contributed by atoms with van der Waals surface area (Å²) in [6, 6.07) is 58.7. The van der Waals surface area contributed by atoms with E-state index in [0.29, 0.717) is 0 Å². The van der Waals surface area contributed by atoms with Gasteiger partial charge in [-0.2, -0.15) is 0 Å². The number of hydrogen-bond acceptors (Lipinski definition) is 0. The minimum atomic E-state index is 0. The first-order chi connectivity index (χ1) is 37.7. The standard InChI is InChI=1S/2C21H27N.C18H21N.C17H19N.CH4/c1-20(2,3)14-8-10-18-16(12-14)17-13-15(21(4,5)6)9-11-19(17)22(18)7;1-20(2,3)14-8-10-16-17-11-9-15(21(4,5)6)13-19(17)22(7)18(16)12-14;1-5-18(2,3)13-10-11-17-15(12-13)14-8-6-7-9-16(14)19(17)4;1-17(2,3)12-9-10-16-14(11-12)13-7-5-6-8-15(13)18(16)4;/h2*8-13H,1-7H3;6-12H,5H2,1-4H3;5-11H,1-4H3;1H4. The van der Waals surface area contributed by atoms with Crippen LogP contribution in [0, 0.1) is 0 Å². The second-order valence-electron chi connectivity index (χ2n) is 29.1. The molecule has 4 heteroatoms. The van der Waals surface area contributed by atoms with E-state index in [2.05, 4.69) is 329 Å². The molecule has 0 spiro atoms. The number of benzene rings is 8. The Morgan fingerprint density at radius 1 is 0.244 bits per heavy atom. The lowest BCUT2D eigenvalue weighted by Crippen LogP contribution is -2.15. The van der Waals surface area contributed by atoms with Crippen LogP contribution in [0.2, 0.25) is 0 Å². The number of aromatic nitrogens is 4. The van der Waals surface area contributed by atoms with E-state index in [0.717, 1.165) is 6.42 Å². The monoisotopic (exact) mass is 1090 g/mol. The molecule has 0 bridgehead atoms. The zero-order chi connectivity index (χ0) is 59.1. The smallest absolute Gasteiger partial charge is 0.0491 e. The average molecular weight is 1090 g/mol. The summed E-state index contributed by atoms with van der Waals surface area (Å²) in [5.41, 5.74) is 20.1. The fourth-order valence-corrected chi connectivity index (χ4v) is 11.7. The summed E-state index contributed by atoms with van der Waals surface area (Å²) in [6.07, 6.45) is 1.16. The predicted octanol–water partition coefficient (Wildman–Crippen LogP) is 22.1. The topological polar surface area (TPSA) is 19.7 Å². The van der Waals surface area contributed by atoms with Crippen LogP contribution in [0.25, 0.3) is 87.2 Å². The first-order valence-corrected chi connectivity index (χ1v) is 29.7. The predicted molar refractivity (Wildman–Crippen MR) is 365 cm³/mol. The van der Waals surface area contributed by atoms with Crippen LogP contribution in [0.5, 0.6) is 0 Å². The van der Waals surface area contributed by atoms with Gasteiger partial charge in [-0.3, -0.25) is 0 Å². The number of fused-ring (bicyclic) bond motifs is 12. The Hall–Kier alpha value is -7.04. The summed E-state index contributed by atoms with van der Waals surface area (Å²) in [7, 11) is 8.64. The van der Waals surface area contributed by atoms with E-state index in [9.17, 15) is 0 Å². The lowest BCUT2D eigenvalue weighted by atomic mass is 9.82. The molecule has 12 aromatic rings. The molecule has 12 rings (SSSR count). The van der Waals surface area contributed by atoms with Crippen LogP contribution in [0.3, 0.4) is 0 Å². The van der Waals surface area contributed by atoms with Gasteiger partial charge in [0.2, 0.25) is 0 Å². The molecule has 0 aliphatic carbocycles. The largest absolute Gasteiger partial charge is 0.344 e. The van der Waals surface area contributed by atoms with Crippen molar-refractivity contribution >= 4 is 87.2 Å². The third kappa shape index (κ3) is 11.7. The summed E-state index contributed by atoms with van der Waals surface area (Å²) >= 11 is 0. The molecule has 4 aromatic heterocycles. The van der Waals surface area contributed by atoms with E-state index in [1.54, 1.807) is 0 Å². The first kappa shape index (κ1) is 61.0. The number of hydrogen-bond donors (Lipinski definition) is 0. The Labute approximate surface area is 493 Å². The molecular formula is C78H98N4. The average Bonchev–Trinajstić information content (AvgIpc) is 4.32. The minimum Gasteiger partial charge on any atom is -0.344 e. The van der Waals surface area contributed by atoms with E-state index >= 15 is 0 Å². The fourth-order valence-electron chi connectivity index (χ4n) is 11.7. The molecule has 0 saturated carbocycles. The fraction of sp³-hybridized carbons (Fsp3) is 0.385. The maximum Gasteiger partial charge on any atom is 0.0491 e. The van der Waals surface area contributed by atoms with Gasteiger partial charge in [0.05, 0.1) is 0 Å². The molecule has 0 unspecified atom stereocenters. The van der Waals surface area contributed by atoms with Crippen molar-refractivity contribution in [1.82, 2.24) is 18.3 Å². The summed E-state index contributed by atoms with van der Waals surface area (Å²) in [6.45, 7) is 41.0. The van der Waals surface area contributed by atoms with Gasteiger partial charge in [0.15, 0.2) is 0 Å². The van der Waals surface area contributed by atoms with E-state index in [1.165, 1.54) is 121 Å². The molecule has 0 saturated heterocycles. The molecule has 4 nitrogen and oxygen atoms in total. The SMILES string of the molecule is C.CCC(C)(C)c1ccc2c(c1)c1ccccc1n2C.Cn1c2cc(C(C)(C)C)ccc2c2ccc(C(C)(C)C)cc21.Cn1c2ccc(C(C)(C)C)cc2c2cc(C(C)(C)C)ccc21.Cn1c2ccccc2c2cc(C(C)(C)C)ccc21. The van der Waals surface area contributed by atoms with Crippen LogP contribution >= 0.6 is 0 Å². The number of aryl methyl sites for hydroxylation is 4. The summed E-state index contributed by atoms with van der Waals surface area (Å²) in [5.74, 6) is 0. The van der Waals surface area contributed by atoms with E-state index in [1.807, 2.05) is 0 Å². The van der Waals surface area contributed by atoms with E-state index in [-0.39, 0.29) is 39.9 Å². The summed E-state index contributed by atoms with van der Waals surface area (Å²) in [5, 5.41) is 10.9. The van der Waals surface area contributed by atoms with Gasteiger partial charge in [0, 0.05) is 115 Å². The zero-order valence-electron chi connectivity index (χ0n) is 53.5. The van der Waals surface area contributed by atoms with Crippen molar-refractivity contribution in [1.29, 1.82) is 0 Å². The lowest BCUT2D eigenvalue weighted by molar-refractivity contribution is 0.507. The molecule has 4 heterocycles. The maximum absolute atomic E-state index is 2.38. The van der Waals surface area contributed by atoms with Gasteiger partial charge in [-0.1, -0.05) is 217 Å². The highest BCUT2D eigenvalue weighted by atomic mass is 15.0. The Morgan fingerprint density at radius 3 is 0.768 bits per heavy atom. The summed E-state index contributed by atoms with van der Waals surface area (Å²) in [4.78, 5) is 0. The van der Waals surface area contributed by atoms with Crippen molar-refractivity contribution in [2.75, 3.05) is 0 Å². The Balaban J connectivity index is 0.000000143. The zero-order valence-corrected chi connectivity index (χ0v) is 53.5. The van der Waals surface area contributed by atoms with Gasteiger partial charge >= 0.3 is 0 Å². The maximum atomic E-state index is 2.38. The number of para-hydroxylation sites is 2. The molecule has 8 aromatic carbocycles. The molecule has 82 heavy (non-hydrogen) atoms. The number of nitrogens with zero attached hydrogens (tertiary/aromatic N) is 4. The molecule has 430 valence electrons. The molecule has 0 amide bonds. The van der Waals surface area contributed by atoms with Crippen LogP contribution in [-0.2, 0) is 60.7 Å². The molecule has 0 atom stereocenters. The normalized spacial score (nSPS) is 12.7. The highest BCUT2D eigenvalue weighted by Gasteiger charge is 2.23. The lowest BCUT2D eigenvalue weighted by Gasteiger charge is -2.23. The van der Waals surface area contributed by atoms with Crippen molar-refractivity contribution in [3.8, 4) is 0 Å². The van der Waals surface area contributed by atoms with E-state index < -0.39 is 0 Å². The van der Waals surface area contributed by atoms with Crippen LogP contribution in [0.1, 0.15) is 172 Å².